The highest BCUT2D eigenvalue weighted by Gasteiger charge is 2.39. The predicted molar refractivity (Wildman–Crippen MR) is 113 cm³/mol. The molecule has 0 unspecified atom stereocenters. The van der Waals surface area contributed by atoms with Crippen LogP contribution in [0.1, 0.15) is 57.1 Å². The van der Waals surface area contributed by atoms with Gasteiger partial charge in [-0.05, 0) is 57.6 Å². The summed E-state index contributed by atoms with van der Waals surface area (Å²) >= 11 is 0. The Hall–Kier alpha value is -2.21. The zero-order valence-electron chi connectivity index (χ0n) is 18.2. The van der Waals surface area contributed by atoms with Crippen molar-refractivity contribution < 1.29 is 18.3 Å². The number of hydrogen-bond donors (Lipinski definition) is 0. The molecule has 1 aromatic carbocycles. The summed E-state index contributed by atoms with van der Waals surface area (Å²) in [4.78, 5) is 15.0. The molecule has 7 nitrogen and oxygen atoms in total. The first-order valence-electron chi connectivity index (χ1n) is 11.1. The molecule has 2 heterocycles. The van der Waals surface area contributed by atoms with E-state index in [9.17, 15) is 9.18 Å². The summed E-state index contributed by atoms with van der Waals surface area (Å²) in [6.45, 7) is 5.34. The summed E-state index contributed by atoms with van der Waals surface area (Å²) in [5.41, 5.74) is 0.634. The first kappa shape index (κ1) is 22.0. The van der Waals surface area contributed by atoms with Crippen molar-refractivity contribution in [3.05, 3.63) is 34.1 Å². The van der Waals surface area contributed by atoms with Crippen molar-refractivity contribution in [1.82, 2.24) is 9.47 Å². The van der Waals surface area contributed by atoms with Gasteiger partial charge < -0.3 is 13.9 Å². The molecule has 0 N–H and O–H groups in total. The quantitative estimate of drug-likeness (QED) is 0.650. The van der Waals surface area contributed by atoms with E-state index >= 15 is 0 Å². The van der Waals surface area contributed by atoms with E-state index in [0.29, 0.717) is 24.8 Å². The number of likely N-dealkylation sites (tertiary alicyclic amines) is 1. The van der Waals surface area contributed by atoms with Gasteiger partial charge in [0.2, 0.25) is 0 Å². The van der Waals surface area contributed by atoms with E-state index in [1.165, 1.54) is 0 Å². The molecule has 1 aliphatic heterocycles. The first-order chi connectivity index (χ1) is 14.9. The number of halogens is 1. The van der Waals surface area contributed by atoms with Gasteiger partial charge in [-0.3, -0.25) is 9.47 Å². The fraction of sp³-hybridized carbons (Fsp3) is 0.652. The second-order valence-corrected chi connectivity index (χ2v) is 8.93. The second kappa shape index (κ2) is 9.11. The highest BCUT2D eigenvalue weighted by molar-refractivity contribution is 5.75. The molecule has 1 saturated heterocycles. The average Bonchev–Trinajstić information content (AvgIpc) is 3.12. The molecule has 0 spiro atoms. The zero-order chi connectivity index (χ0) is 22.0. The average molecular weight is 432 g/mol. The molecule has 0 atom stereocenters. The number of ether oxygens (including phenoxy) is 2. The van der Waals surface area contributed by atoms with Crippen LogP contribution in [-0.4, -0.2) is 54.5 Å². The van der Waals surface area contributed by atoms with Crippen LogP contribution in [0.4, 0.5) is 4.39 Å². The number of fused-ring (bicyclic) bond motifs is 1. The maximum Gasteiger partial charge on any atom is 0.420 e. The predicted octanol–water partition coefficient (Wildman–Crippen LogP) is 3.61. The topological polar surface area (TPSA) is 80.6 Å². The van der Waals surface area contributed by atoms with Crippen LogP contribution in [0.15, 0.2) is 21.3 Å². The van der Waals surface area contributed by atoms with Crippen LogP contribution in [0.5, 0.6) is 0 Å². The van der Waals surface area contributed by atoms with Gasteiger partial charge in [-0.15, -0.1) is 0 Å². The Bertz CT molecular complexity index is 1010. The highest BCUT2D eigenvalue weighted by atomic mass is 19.1. The number of rotatable bonds is 6. The van der Waals surface area contributed by atoms with Gasteiger partial charge >= 0.3 is 5.76 Å². The molecule has 31 heavy (non-hydrogen) atoms. The molecule has 0 bridgehead atoms. The maximum atomic E-state index is 14.3. The third-order valence-electron chi connectivity index (χ3n) is 7.04. The second-order valence-electron chi connectivity index (χ2n) is 8.93. The third kappa shape index (κ3) is 4.40. The number of benzene rings is 1. The van der Waals surface area contributed by atoms with Crippen molar-refractivity contribution in [2.24, 2.45) is 0 Å². The molecule has 1 aliphatic carbocycles. The molecule has 0 amide bonds. The van der Waals surface area contributed by atoms with Crippen molar-refractivity contribution in [2.45, 2.75) is 63.1 Å². The minimum absolute atomic E-state index is 0.0596. The van der Waals surface area contributed by atoms with Crippen molar-refractivity contribution >= 4 is 11.1 Å². The van der Waals surface area contributed by atoms with Crippen LogP contribution in [0, 0.1) is 17.1 Å². The minimum Gasteiger partial charge on any atom is -0.405 e. The van der Waals surface area contributed by atoms with Gasteiger partial charge in [0.05, 0.1) is 36.5 Å². The van der Waals surface area contributed by atoms with Gasteiger partial charge in [0.15, 0.2) is 11.4 Å². The van der Waals surface area contributed by atoms with Crippen LogP contribution < -0.4 is 5.76 Å². The molecular weight excluding hydrogens is 401 g/mol. The number of nitrogens with zero attached hydrogens (tertiary/aromatic N) is 3. The smallest absolute Gasteiger partial charge is 0.405 e. The van der Waals surface area contributed by atoms with Crippen LogP contribution in [0.2, 0.25) is 0 Å². The minimum atomic E-state index is -0.667. The standard InChI is InChI=1S/C23H30FN3O4/c1-23(7-3-18(4-8-23)30-12-11-29-2)26-9-5-17(6-10-26)27-20-14-16(15-25)13-19(24)21(20)31-22(27)28/h13-14,17-18H,3-12H2,1-2H3. The number of oxazole rings is 1. The SMILES string of the molecule is COCCOC1CCC(C)(N2CCC(n3c(=O)oc4c(F)cc(C#N)cc43)CC2)CC1. The molecule has 0 radical (unpaired) electrons. The fourth-order valence-corrected chi connectivity index (χ4v) is 5.16. The normalized spacial score (nSPS) is 25.7. The van der Waals surface area contributed by atoms with Gasteiger partial charge in [-0.25, -0.2) is 9.18 Å². The zero-order valence-corrected chi connectivity index (χ0v) is 18.2. The number of piperidine rings is 1. The van der Waals surface area contributed by atoms with E-state index in [1.807, 2.05) is 6.07 Å². The van der Waals surface area contributed by atoms with Gasteiger partial charge in [0, 0.05) is 31.8 Å². The number of methoxy groups -OCH3 is 1. The Morgan fingerprint density at radius 2 is 1.94 bits per heavy atom. The summed E-state index contributed by atoms with van der Waals surface area (Å²) in [5, 5.41) is 9.16. The number of nitriles is 1. The fourth-order valence-electron chi connectivity index (χ4n) is 5.16. The lowest BCUT2D eigenvalue weighted by molar-refractivity contribution is -0.0419. The van der Waals surface area contributed by atoms with Crippen molar-refractivity contribution in [3.63, 3.8) is 0 Å². The molecule has 2 aromatic rings. The first-order valence-corrected chi connectivity index (χ1v) is 11.1. The maximum absolute atomic E-state index is 14.3. The Labute approximate surface area is 181 Å². The van der Waals surface area contributed by atoms with E-state index in [-0.39, 0.29) is 22.7 Å². The van der Waals surface area contributed by atoms with Crippen molar-refractivity contribution in [1.29, 1.82) is 5.26 Å². The van der Waals surface area contributed by atoms with Crippen LogP contribution in [0.3, 0.4) is 0 Å². The summed E-state index contributed by atoms with van der Waals surface area (Å²) < 4.78 is 32.0. The molecule has 4 rings (SSSR count). The Balaban J connectivity index is 1.42. The lowest BCUT2D eigenvalue weighted by Crippen LogP contribution is -2.53. The van der Waals surface area contributed by atoms with E-state index < -0.39 is 11.6 Å². The van der Waals surface area contributed by atoms with E-state index in [1.54, 1.807) is 17.7 Å². The molecule has 1 saturated carbocycles. The van der Waals surface area contributed by atoms with E-state index in [4.69, 9.17) is 19.2 Å². The Kier molecular flexibility index (Phi) is 6.47. The number of hydrogen-bond acceptors (Lipinski definition) is 6. The van der Waals surface area contributed by atoms with Crippen molar-refractivity contribution in [2.75, 3.05) is 33.4 Å². The van der Waals surface area contributed by atoms with Crippen LogP contribution in [-0.2, 0) is 9.47 Å². The number of aromatic nitrogens is 1. The Morgan fingerprint density at radius 1 is 1.23 bits per heavy atom. The van der Waals surface area contributed by atoms with E-state index in [2.05, 4.69) is 11.8 Å². The molecule has 168 valence electrons. The van der Waals surface area contributed by atoms with Gasteiger partial charge in [-0.1, -0.05) is 0 Å². The van der Waals surface area contributed by atoms with E-state index in [0.717, 1.165) is 57.7 Å². The monoisotopic (exact) mass is 431 g/mol. The van der Waals surface area contributed by atoms with Gasteiger partial charge in [-0.2, -0.15) is 5.26 Å². The molecule has 1 aromatic heterocycles. The molecule has 2 fully saturated rings. The lowest BCUT2D eigenvalue weighted by Gasteiger charge is -2.48. The lowest BCUT2D eigenvalue weighted by atomic mass is 9.79. The third-order valence-corrected chi connectivity index (χ3v) is 7.04. The van der Waals surface area contributed by atoms with Crippen LogP contribution in [0.25, 0.3) is 11.1 Å². The largest absolute Gasteiger partial charge is 0.420 e. The molecular formula is C23H30FN3O4. The molecule has 2 aliphatic rings. The Morgan fingerprint density at radius 3 is 2.58 bits per heavy atom. The summed E-state index contributed by atoms with van der Waals surface area (Å²) in [7, 11) is 1.68. The summed E-state index contributed by atoms with van der Waals surface area (Å²) in [6, 6.07) is 4.54. The van der Waals surface area contributed by atoms with Gasteiger partial charge in [0.25, 0.3) is 0 Å². The van der Waals surface area contributed by atoms with Crippen molar-refractivity contribution in [3.8, 4) is 6.07 Å². The summed E-state index contributed by atoms with van der Waals surface area (Å²) in [6.07, 6.45) is 6.14. The highest BCUT2D eigenvalue weighted by Crippen LogP contribution is 2.38. The van der Waals surface area contributed by atoms with Crippen LogP contribution >= 0.6 is 0 Å². The molecule has 8 heteroatoms. The van der Waals surface area contributed by atoms with Gasteiger partial charge in [0.1, 0.15) is 0 Å². The summed E-state index contributed by atoms with van der Waals surface area (Å²) in [5.74, 6) is -1.22.